The molecule has 4 heteroatoms. The Morgan fingerprint density at radius 1 is 1.23 bits per heavy atom. The highest BCUT2D eigenvalue weighted by Gasteiger charge is 2.21. The Kier molecular flexibility index (Phi) is 3.07. The first-order chi connectivity index (χ1) is 10.8. The minimum Gasteiger partial charge on any atom is -0.497 e. The van der Waals surface area contributed by atoms with Crippen LogP contribution >= 0.6 is 0 Å². The summed E-state index contributed by atoms with van der Waals surface area (Å²) in [6.45, 7) is 0.754. The Balaban J connectivity index is 1.73. The van der Waals surface area contributed by atoms with Gasteiger partial charge in [0, 0.05) is 17.3 Å². The molecule has 0 saturated heterocycles. The highest BCUT2D eigenvalue weighted by Crippen LogP contribution is 2.44. The SMILES string of the molecule is COc1cccc(C2=CCc3ccc4c(c3O2)N=CCN4)c1. The second-order valence-corrected chi connectivity index (χ2v) is 5.25. The molecular formula is C18H16N2O2. The van der Waals surface area contributed by atoms with Crippen LogP contribution < -0.4 is 14.8 Å². The van der Waals surface area contributed by atoms with Gasteiger partial charge in [0.25, 0.3) is 0 Å². The van der Waals surface area contributed by atoms with Crippen LogP contribution in [0.1, 0.15) is 11.1 Å². The molecule has 2 heterocycles. The van der Waals surface area contributed by atoms with E-state index in [2.05, 4.69) is 28.5 Å². The third-order valence-electron chi connectivity index (χ3n) is 3.89. The Morgan fingerprint density at radius 3 is 3.09 bits per heavy atom. The molecule has 1 N–H and O–H groups in total. The zero-order valence-electron chi connectivity index (χ0n) is 12.3. The van der Waals surface area contributed by atoms with Crippen LogP contribution in [0.4, 0.5) is 11.4 Å². The average Bonchev–Trinajstić information content (AvgIpc) is 2.61. The smallest absolute Gasteiger partial charge is 0.158 e. The van der Waals surface area contributed by atoms with Crippen LogP contribution in [0.5, 0.6) is 11.5 Å². The lowest BCUT2D eigenvalue weighted by atomic mass is 10.0. The first-order valence-electron chi connectivity index (χ1n) is 7.30. The van der Waals surface area contributed by atoms with Gasteiger partial charge in [-0.2, -0.15) is 0 Å². The number of hydrogen-bond donors (Lipinski definition) is 1. The van der Waals surface area contributed by atoms with Crippen LogP contribution in [-0.2, 0) is 6.42 Å². The minimum atomic E-state index is 0.754. The number of ether oxygens (including phenoxy) is 2. The Morgan fingerprint density at radius 2 is 2.18 bits per heavy atom. The van der Waals surface area contributed by atoms with Gasteiger partial charge in [0.05, 0.1) is 19.3 Å². The van der Waals surface area contributed by atoms with Crippen molar-refractivity contribution in [3.05, 3.63) is 53.6 Å². The molecule has 2 aliphatic rings. The van der Waals surface area contributed by atoms with E-state index in [9.17, 15) is 0 Å². The predicted octanol–water partition coefficient (Wildman–Crippen LogP) is 3.80. The second-order valence-electron chi connectivity index (χ2n) is 5.25. The normalized spacial score (nSPS) is 15.0. The second kappa shape index (κ2) is 5.22. The fraction of sp³-hybridized carbons (Fsp3) is 0.167. The molecule has 2 aromatic carbocycles. The van der Waals surface area contributed by atoms with Crippen molar-refractivity contribution < 1.29 is 9.47 Å². The van der Waals surface area contributed by atoms with E-state index < -0.39 is 0 Å². The molecule has 0 aliphatic carbocycles. The zero-order valence-corrected chi connectivity index (χ0v) is 12.3. The summed E-state index contributed by atoms with van der Waals surface area (Å²) >= 11 is 0. The molecule has 0 amide bonds. The Labute approximate surface area is 129 Å². The third kappa shape index (κ3) is 2.13. The van der Waals surface area contributed by atoms with Crippen molar-refractivity contribution in [1.82, 2.24) is 0 Å². The predicted molar refractivity (Wildman–Crippen MR) is 88.4 cm³/mol. The van der Waals surface area contributed by atoms with E-state index in [-0.39, 0.29) is 0 Å². The lowest BCUT2D eigenvalue weighted by molar-refractivity contribution is 0.414. The van der Waals surface area contributed by atoms with Crippen molar-refractivity contribution in [2.24, 2.45) is 4.99 Å². The number of rotatable bonds is 2. The van der Waals surface area contributed by atoms with Gasteiger partial charge in [0.2, 0.25) is 0 Å². The van der Waals surface area contributed by atoms with Gasteiger partial charge < -0.3 is 14.8 Å². The zero-order chi connectivity index (χ0) is 14.9. The molecule has 0 saturated carbocycles. The van der Waals surface area contributed by atoms with Crippen molar-refractivity contribution in [2.45, 2.75) is 6.42 Å². The summed E-state index contributed by atoms with van der Waals surface area (Å²) in [7, 11) is 1.67. The number of nitrogens with one attached hydrogen (secondary N) is 1. The maximum atomic E-state index is 6.17. The molecule has 2 aliphatic heterocycles. The number of anilines is 1. The van der Waals surface area contributed by atoms with E-state index >= 15 is 0 Å². The quantitative estimate of drug-likeness (QED) is 0.915. The van der Waals surface area contributed by atoms with Gasteiger partial charge in [-0.25, -0.2) is 0 Å². The fourth-order valence-corrected chi connectivity index (χ4v) is 2.76. The average molecular weight is 292 g/mol. The molecule has 4 nitrogen and oxygen atoms in total. The minimum absolute atomic E-state index is 0.754. The monoisotopic (exact) mass is 292 g/mol. The lowest BCUT2D eigenvalue weighted by Crippen LogP contribution is -2.10. The number of benzene rings is 2. The maximum Gasteiger partial charge on any atom is 0.158 e. The Hall–Kier alpha value is -2.75. The summed E-state index contributed by atoms with van der Waals surface area (Å²) in [5.74, 6) is 2.52. The van der Waals surface area contributed by atoms with Gasteiger partial charge in [0.15, 0.2) is 5.75 Å². The molecule has 22 heavy (non-hydrogen) atoms. The van der Waals surface area contributed by atoms with Gasteiger partial charge in [-0.05, 0) is 30.7 Å². The van der Waals surface area contributed by atoms with Gasteiger partial charge in [-0.1, -0.05) is 18.2 Å². The first kappa shape index (κ1) is 13.0. The van der Waals surface area contributed by atoms with Crippen LogP contribution in [0, 0.1) is 0 Å². The summed E-state index contributed by atoms with van der Waals surface area (Å²) in [6.07, 6.45) is 4.81. The molecule has 0 unspecified atom stereocenters. The van der Waals surface area contributed by atoms with Crippen molar-refractivity contribution in [3.63, 3.8) is 0 Å². The summed E-state index contributed by atoms with van der Waals surface area (Å²) in [5, 5.41) is 3.32. The molecular weight excluding hydrogens is 276 g/mol. The van der Waals surface area contributed by atoms with Crippen molar-refractivity contribution in [3.8, 4) is 11.5 Å². The largest absolute Gasteiger partial charge is 0.497 e. The number of hydrogen-bond acceptors (Lipinski definition) is 4. The summed E-state index contributed by atoms with van der Waals surface area (Å²) in [6, 6.07) is 12.1. The van der Waals surface area contributed by atoms with Crippen LogP contribution in [0.3, 0.4) is 0 Å². The molecule has 0 aromatic heterocycles. The third-order valence-corrected chi connectivity index (χ3v) is 3.89. The van der Waals surface area contributed by atoms with Gasteiger partial charge in [0.1, 0.15) is 17.2 Å². The summed E-state index contributed by atoms with van der Waals surface area (Å²) in [4.78, 5) is 4.50. The molecule has 4 rings (SSSR count). The highest BCUT2D eigenvalue weighted by atomic mass is 16.5. The number of fused-ring (bicyclic) bond motifs is 3. The van der Waals surface area contributed by atoms with Gasteiger partial charge in [-0.3, -0.25) is 4.99 Å². The van der Waals surface area contributed by atoms with E-state index in [1.54, 1.807) is 7.11 Å². The first-order valence-corrected chi connectivity index (χ1v) is 7.30. The maximum absolute atomic E-state index is 6.17. The van der Waals surface area contributed by atoms with E-state index in [4.69, 9.17) is 9.47 Å². The number of methoxy groups -OCH3 is 1. The number of nitrogens with zero attached hydrogens (tertiary/aromatic N) is 1. The van der Waals surface area contributed by atoms with Crippen molar-refractivity contribution in [1.29, 1.82) is 0 Å². The van der Waals surface area contributed by atoms with Gasteiger partial charge in [-0.15, -0.1) is 0 Å². The van der Waals surface area contributed by atoms with Crippen molar-refractivity contribution >= 4 is 23.3 Å². The van der Waals surface area contributed by atoms with E-state index in [0.717, 1.165) is 52.7 Å². The van der Waals surface area contributed by atoms with Crippen LogP contribution in [0.15, 0.2) is 47.5 Å². The van der Waals surface area contributed by atoms with Crippen molar-refractivity contribution in [2.75, 3.05) is 19.0 Å². The van der Waals surface area contributed by atoms with E-state index in [0.29, 0.717) is 0 Å². The fourth-order valence-electron chi connectivity index (χ4n) is 2.76. The molecule has 2 aromatic rings. The van der Waals surface area contributed by atoms with Crippen LogP contribution in [0.2, 0.25) is 0 Å². The number of allylic oxidation sites excluding steroid dienone is 1. The standard InChI is InChI=1S/C18H16N2O2/c1-21-14-4-2-3-13(11-14)16-8-6-12-5-7-15-17(18(12)22-16)20-10-9-19-15/h2-5,7-8,10-11,19H,6,9H2,1H3. The van der Waals surface area contributed by atoms with Crippen LogP contribution in [-0.4, -0.2) is 19.9 Å². The molecule has 110 valence electrons. The molecule has 0 bridgehead atoms. The van der Waals surface area contributed by atoms with Gasteiger partial charge >= 0.3 is 0 Å². The highest BCUT2D eigenvalue weighted by molar-refractivity contribution is 5.86. The molecule has 0 fully saturated rings. The Bertz CT molecular complexity index is 794. The molecule has 0 atom stereocenters. The summed E-state index contributed by atoms with van der Waals surface area (Å²) in [5.41, 5.74) is 4.08. The van der Waals surface area contributed by atoms with E-state index in [1.807, 2.05) is 30.5 Å². The topological polar surface area (TPSA) is 42.9 Å². The summed E-state index contributed by atoms with van der Waals surface area (Å²) < 4.78 is 11.5. The van der Waals surface area contributed by atoms with Crippen LogP contribution in [0.25, 0.3) is 5.76 Å². The molecule has 0 radical (unpaired) electrons. The number of aliphatic imine (C=N–C) groups is 1. The lowest BCUT2D eigenvalue weighted by Gasteiger charge is -2.23. The molecule has 0 spiro atoms. The van der Waals surface area contributed by atoms with E-state index in [1.165, 1.54) is 0 Å².